The molecule has 1 aliphatic heterocycles. The zero-order chi connectivity index (χ0) is 14.1. The predicted molar refractivity (Wildman–Crippen MR) is 58.8 cm³/mol. The number of carboxylic acids is 1. The van der Waals surface area contributed by atoms with Gasteiger partial charge in [0, 0.05) is 6.42 Å². The molecule has 10 N–H and O–H groups in total. The van der Waals surface area contributed by atoms with Crippen LogP contribution in [0.1, 0.15) is 6.42 Å². The summed E-state index contributed by atoms with van der Waals surface area (Å²) in [6, 6.07) is -1.21. The number of hydrogen-bond acceptors (Lipinski definition) is 8. The SMILES string of the molecule is N[C@@H]1[C@@H](O)CC(O)(C(=O)O)O[C@H]1C(O)C(O)CO.O. The van der Waals surface area contributed by atoms with E-state index in [1.165, 1.54) is 0 Å². The smallest absolute Gasteiger partial charge is 0.364 e. The molecule has 1 fully saturated rings. The highest BCUT2D eigenvalue weighted by molar-refractivity contribution is 5.75. The Balaban J connectivity index is 0.00000324. The minimum Gasteiger partial charge on any atom is -0.477 e. The molecule has 1 aliphatic rings. The Morgan fingerprint density at radius 1 is 1.47 bits per heavy atom. The van der Waals surface area contributed by atoms with E-state index in [0.29, 0.717) is 0 Å². The fourth-order valence-electron chi connectivity index (χ4n) is 1.75. The summed E-state index contributed by atoms with van der Waals surface area (Å²) >= 11 is 0. The van der Waals surface area contributed by atoms with Gasteiger partial charge in [0.25, 0.3) is 5.79 Å². The highest BCUT2D eigenvalue weighted by Crippen LogP contribution is 2.29. The van der Waals surface area contributed by atoms with Crippen LogP contribution in [-0.4, -0.2) is 84.9 Å². The molecule has 1 saturated heterocycles. The molecule has 6 atom stereocenters. The number of carboxylic acid groups (broad SMARTS) is 1. The van der Waals surface area contributed by atoms with Gasteiger partial charge >= 0.3 is 5.97 Å². The van der Waals surface area contributed by atoms with Gasteiger partial charge in [0.15, 0.2) is 0 Å². The average molecular weight is 285 g/mol. The van der Waals surface area contributed by atoms with E-state index in [1.54, 1.807) is 0 Å². The maximum atomic E-state index is 10.8. The van der Waals surface area contributed by atoms with Crippen molar-refractivity contribution in [1.29, 1.82) is 0 Å². The van der Waals surface area contributed by atoms with Crippen LogP contribution in [0.25, 0.3) is 0 Å². The molecule has 0 bridgehead atoms. The van der Waals surface area contributed by atoms with Crippen molar-refractivity contribution in [3.63, 3.8) is 0 Å². The molecular formula is C9H19NO9. The first-order chi connectivity index (χ1) is 8.23. The second kappa shape index (κ2) is 6.54. The standard InChI is InChI=1S/C9H17NO8.H2O/c10-5-3(12)1-9(17,8(15)16)18-7(5)6(14)4(13)2-11;/h3-7,11-14,17H,1-2,10H2,(H,15,16);1H2/t3-,4?,5+,6?,7+,9?;/m0./s1. The van der Waals surface area contributed by atoms with Gasteiger partial charge in [-0.1, -0.05) is 0 Å². The number of hydrogen-bond donors (Lipinski definition) is 7. The quantitative estimate of drug-likeness (QED) is 0.264. The maximum Gasteiger partial charge on any atom is 0.364 e. The second-order valence-electron chi connectivity index (χ2n) is 4.26. The molecule has 0 aliphatic carbocycles. The third kappa shape index (κ3) is 3.58. The van der Waals surface area contributed by atoms with Crippen molar-refractivity contribution in [3.8, 4) is 0 Å². The van der Waals surface area contributed by atoms with Gasteiger partial charge in [-0.3, -0.25) is 0 Å². The number of aliphatic hydroxyl groups is 5. The molecule has 0 spiro atoms. The lowest BCUT2D eigenvalue weighted by Crippen LogP contribution is -2.65. The number of aliphatic hydroxyl groups excluding tert-OH is 4. The number of nitrogens with two attached hydrogens (primary N) is 1. The summed E-state index contributed by atoms with van der Waals surface area (Å²) in [5.74, 6) is -4.44. The van der Waals surface area contributed by atoms with Crippen molar-refractivity contribution < 1.29 is 45.6 Å². The first-order valence-corrected chi connectivity index (χ1v) is 5.27. The third-order valence-corrected chi connectivity index (χ3v) is 2.89. The highest BCUT2D eigenvalue weighted by atomic mass is 16.7. The highest BCUT2D eigenvalue weighted by Gasteiger charge is 2.52. The average Bonchev–Trinajstić information content (AvgIpc) is 2.31. The van der Waals surface area contributed by atoms with Crippen LogP contribution in [0, 0.1) is 0 Å². The molecular weight excluding hydrogens is 266 g/mol. The van der Waals surface area contributed by atoms with Gasteiger partial charge in [0.2, 0.25) is 0 Å². The van der Waals surface area contributed by atoms with Crippen LogP contribution >= 0.6 is 0 Å². The van der Waals surface area contributed by atoms with Gasteiger partial charge in [0.05, 0.1) is 18.8 Å². The van der Waals surface area contributed by atoms with Crippen LogP contribution in [-0.2, 0) is 9.53 Å². The lowest BCUT2D eigenvalue weighted by atomic mass is 9.89. The minimum atomic E-state index is -2.70. The van der Waals surface area contributed by atoms with Crippen molar-refractivity contribution in [2.24, 2.45) is 5.73 Å². The Labute approximate surface area is 108 Å². The minimum absolute atomic E-state index is 0. The zero-order valence-electron chi connectivity index (χ0n) is 9.88. The first-order valence-electron chi connectivity index (χ1n) is 5.27. The van der Waals surface area contributed by atoms with Gasteiger partial charge in [-0.15, -0.1) is 0 Å². The molecule has 0 saturated carbocycles. The normalized spacial score (nSPS) is 38.1. The van der Waals surface area contributed by atoms with Crippen LogP contribution in [0.5, 0.6) is 0 Å². The molecule has 114 valence electrons. The van der Waals surface area contributed by atoms with Crippen molar-refractivity contribution in [3.05, 3.63) is 0 Å². The lowest BCUT2D eigenvalue weighted by molar-refractivity contribution is -0.292. The topological polar surface area (TPSA) is 205 Å². The van der Waals surface area contributed by atoms with Crippen molar-refractivity contribution >= 4 is 5.97 Å². The molecule has 10 nitrogen and oxygen atoms in total. The summed E-state index contributed by atoms with van der Waals surface area (Å²) in [7, 11) is 0. The summed E-state index contributed by atoms with van der Waals surface area (Å²) in [6.45, 7) is -0.810. The van der Waals surface area contributed by atoms with E-state index < -0.39 is 55.2 Å². The van der Waals surface area contributed by atoms with Crippen molar-refractivity contribution in [2.45, 2.75) is 42.7 Å². The summed E-state index contributed by atoms with van der Waals surface area (Å²) in [5.41, 5.74) is 5.51. The summed E-state index contributed by atoms with van der Waals surface area (Å²) in [5, 5.41) is 55.5. The van der Waals surface area contributed by atoms with Gasteiger partial charge < -0.3 is 46.6 Å². The van der Waals surface area contributed by atoms with E-state index in [4.69, 9.17) is 20.7 Å². The zero-order valence-corrected chi connectivity index (χ0v) is 9.88. The van der Waals surface area contributed by atoms with E-state index in [1.807, 2.05) is 0 Å². The Morgan fingerprint density at radius 3 is 2.42 bits per heavy atom. The molecule has 0 amide bonds. The Bertz CT molecular complexity index is 314. The number of rotatable bonds is 4. The Hall–Kier alpha value is -0.850. The molecule has 1 heterocycles. The Kier molecular flexibility index (Phi) is 6.25. The van der Waals surface area contributed by atoms with Crippen LogP contribution in [0.2, 0.25) is 0 Å². The molecule has 0 radical (unpaired) electrons. The maximum absolute atomic E-state index is 10.8. The van der Waals surface area contributed by atoms with Crippen LogP contribution in [0.15, 0.2) is 0 Å². The van der Waals surface area contributed by atoms with Crippen LogP contribution in [0.3, 0.4) is 0 Å². The van der Waals surface area contributed by atoms with E-state index in [2.05, 4.69) is 0 Å². The summed E-state index contributed by atoms with van der Waals surface area (Å²) in [6.07, 6.45) is -7.01. The van der Waals surface area contributed by atoms with E-state index in [9.17, 15) is 25.2 Å². The molecule has 10 heteroatoms. The largest absolute Gasteiger partial charge is 0.477 e. The molecule has 0 aromatic carbocycles. The fraction of sp³-hybridized carbons (Fsp3) is 0.889. The van der Waals surface area contributed by atoms with Gasteiger partial charge in [-0.05, 0) is 0 Å². The molecule has 1 rings (SSSR count). The molecule has 19 heavy (non-hydrogen) atoms. The van der Waals surface area contributed by atoms with Crippen molar-refractivity contribution in [2.75, 3.05) is 6.61 Å². The van der Waals surface area contributed by atoms with Crippen LogP contribution in [0.4, 0.5) is 0 Å². The lowest BCUT2D eigenvalue weighted by Gasteiger charge is -2.43. The summed E-state index contributed by atoms with van der Waals surface area (Å²) < 4.78 is 4.75. The van der Waals surface area contributed by atoms with E-state index in [0.717, 1.165) is 0 Å². The number of aliphatic carboxylic acids is 1. The predicted octanol–water partition coefficient (Wildman–Crippen LogP) is -4.87. The molecule has 3 unspecified atom stereocenters. The van der Waals surface area contributed by atoms with E-state index in [-0.39, 0.29) is 5.48 Å². The second-order valence-corrected chi connectivity index (χ2v) is 4.26. The fourth-order valence-corrected chi connectivity index (χ4v) is 1.75. The number of carbonyl (C=O) groups is 1. The number of ether oxygens (including phenoxy) is 1. The third-order valence-electron chi connectivity index (χ3n) is 2.89. The Morgan fingerprint density at radius 2 is 2.00 bits per heavy atom. The van der Waals surface area contributed by atoms with Gasteiger partial charge in [-0.2, -0.15) is 0 Å². The first kappa shape index (κ1) is 18.1. The van der Waals surface area contributed by atoms with E-state index >= 15 is 0 Å². The van der Waals surface area contributed by atoms with Gasteiger partial charge in [-0.25, -0.2) is 4.79 Å². The molecule has 0 aromatic rings. The van der Waals surface area contributed by atoms with Gasteiger partial charge in [0.1, 0.15) is 18.3 Å². The van der Waals surface area contributed by atoms with Crippen molar-refractivity contribution in [1.82, 2.24) is 0 Å². The molecule has 0 aromatic heterocycles. The van der Waals surface area contributed by atoms with Crippen LogP contribution < -0.4 is 5.73 Å². The monoisotopic (exact) mass is 285 g/mol. The summed E-state index contributed by atoms with van der Waals surface area (Å²) in [4.78, 5) is 10.8.